The van der Waals surface area contributed by atoms with Crippen molar-refractivity contribution in [3.63, 3.8) is 0 Å². The van der Waals surface area contributed by atoms with Crippen molar-refractivity contribution in [2.24, 2.45) is 11.8 Å². The van der Waals surface area contributed by atoms with Gasteiger partial charge in [-0.15, -0.1) is 11.3 Å². The third-order valence-electron chi connectivity index (χ3n) is 4.84. The van der Waals surface area contributed by atoms with E-state index in [0.29, 0.717) is 17.1 Å². The quantitative estimate of drug-likeness (QED) is 0.566. The average Bonchev–Trinajstić information content (AvgIpc) is 3.11. The Morgan fingerprint density at radius 3 is 2.41 bits per heavy atom. The fraction of sp³-hybridized carbons (Fsp3) is 0.391. The molecule has 9 heteroatoms. The monoisotopic (exact) mass is 455 g/mol. The van der Waals surface area contributed by atoms with Gasteiger partial charge in [-0.05, 0) is 18.8 Å². The van der Waals surface area contributed by atoms with Gasteiger partial charge in [0.1, 0.15) is 15.7 Å². The van der Waals surface area contributed by atoms with Gasteiger partial charge >= 0.3 is 5.69 Å². The third-order valence-corrected chi connectivity index (χ3v) is 6.03. The minimum Gasteiger partial charge on any atom is -0.383 e. The molecule has 3 aromatic rings. The molecule has 0 radical (unpaired) electrons. The van der Waals surface area contributed by atoms with Crippen LogP contribution in [0.2, 0.25) is 0 Å². The summed E-state index contributed by atoms with van der Waals surface area (Å²) in [4.78, 5) is 47.6. The lowest BCUT2D eigenvalue weighted by atomic mass is 10.1. The Balaban J connectivity index is 2.13. The standard InChI is InChI=1S/C23H29N5O3S/c1-13(2)11-27(17-19(24)28(12-14(3)4)23(31)26-20(17)29)22(30)18-15(5)25-21(32-18)16-9-7-6-8-10-16/h6-10,13-14H,11-12,24H2,1-5H3,(H,26,29,31). The van der Waals surface area contributed by atoms with Crippen LogP contribution in [-0.4, -0.2) is 27.0 Å². The van der Waals surface area contributed by atoms with Gasteiger partial charge in [0, 0.05) is 18.7 Å². The summed E-state index contributed by atoms with van der Waals surface area (Å²) in [5.74, 6) is -0.181. The number of carbonyl (C=O) groups is 1. The summed E-state index contributed by atoms with van der Waals surface area (Å²) in [5, 5.41) is 0.725. The number of nitrogens with one attached hydrogen (secondary N) is 1. The lowest BCUT2D eigenvalue weighted by molar-refractivity contribution is 0.0986. The summed E-state index contributed by atoms with van der Waals surface area (Å²) in [6, 6.07) is 9.61. The molecule has 32 heavy (non-hydrogen) atoms. The van der Waals surface area contributed by atoms with E-state index < -0.39 is 11.2 Å². The van der Waals surface area contributed by atoms with E-state index in [1.807, 2.05) is 58.0 Å². The summed E-state index contributed by atoms with van der Waals surface area (Å²) in [6.07, 6.45) is 0. The number of benzene rings is 1. The maximum atomic E-state index is 13.7. The Hall–Kier alpha value is -3.20. The van der Waals surface area contributed by atoms with Crippen LogP contribution in [0.4, 0.5) is 11.5 Å². The smallest absolute Gasteiger partial charge is 0.330 e. The zero-order chi connectivity index (χ0) is 23.6. The van der Waals surface area contributed by atoms with Gasteiger partial charge in [0.05, 0.1) is 5.69 Å². The number of nitrogens with zero attached hydrogens (tertiary/aromatic N) is 3. The number of aromatic amines is 1. The van der Waals surface area contributed by atoms with E-state index in [1.54, 1.807) is 6.92 Å². The normalized spacial score (nSPS) is 11.3. The van der Waals surface area contributed by atoms with Crippen molar-refractivity contribution in [2.75, 3.05) is 17.2 Å². The first-order valence-electron chi connectivity index (χ1n) is 10.6. The molecule has 1 aromatic carbocycles. The Morgan fingerprint density at radius 2 is 1.81 bits per heavy atom. The van der Waals surface area contributed by atoms with Crippen LogP contribution in [0.3, 0.4) is 0 Å². The summed E-state index contributed by atoms with van der Waals surface area (Å²) in [5.41, 5.74) is 6.54. The van der Waals surface area contributed by atoms with Crippen LogP contribution in [0.5, 0.6) is 0 Å². The molecule has 0 aliphatic heterocycles. The summed E-state index contributed by atoms with van der Waals surface area (Å²) >= 11 is 1.28. The predicted molar refractivity (Wildman–Crippen MR) is 129 cm³/mol. The van der Waals surface area contributed by atoms with Crippen LogP contribution >= 0.6 is 11.3 Å². The number of amides is 1. The number of anilines is 2. The van der Waals surface area contributed by atoms with Crippen LogP contribution in [0, 0.1) is 18.8 Å². The number of hydrogen-bond acceptors (Lipinski definition) is 6. The van der Waals surface area contributed by atoms with Crippen molar-refractivity contribution < 1.29 is 4.79 Å². The Bertz CT molecular complexity index is 1220. The van der Waals surface area contributed by atoms with Gasteiger partial charge in [-0.2, -0.15) is 0 Å². The first-order valence-corrected chi connectivity index (χ1v) is 11.4. The predicted octanol–water partition coefficient (Wildman–Crippen LogP) is 3.51. The zero-order valence-electron chi connectivity index (χ0n) is 19.0. The highest BCUT2D eigenvalue weighted by Crippen LogP contribution is 2.30. The second-order valence-corrected chi connectivity index (χ2v) is 9.61. The number of nitrogen functional groups attached to an aromatic ring is 1. The molecule has 0 atom stereocenters. The van der Waals surface area contributed by atoms with Crippen LogP contribution in [0.15, 0.2) is 39.9 Å². The fourth-order valence-electron chi connectivity index (χ4n) is 3.45. The van der Waals surface area contributed by atoms with E-state index in [-0.39, 0.29) is 35.8 Å². The van der Waals surface area contributed by atoms with Crippen molar-refractivity contribution >= 4 is 28.7 Å². The van der Waals surface area contributed by atoms with Crippen LogP contribution in [-0.2, 0) is 6.54 Å². The Kier molecular flexibility index (Phi) is 6.98. The molecular weight excluding hydrogens is 426 g/mol. The number of hydrogen-bond donors (Lipinski definition) is 2. The van der Waals surface area contributed by atoms with Crippen LogP contribution in [0.1, 0.15) is 43.1 Å². The highest BCUT2D eigenvalue weighted by atomic mass is 32.1. The molecule has 0 aliphatic rings. The van der Waals surface area contributed by atoms with Crippen molar-refractivity contribution in [3.8, 4) is 10.6 Å². The third kappa shape index (κ3) is 4.83. The van der Waals surface area contributed by atoms with E-state index >= 15 is 0 Å². The highest BCUT2D eigenvalue weighted by molar-refractivity contribution is 7.17. The molecule has 3 rings (SSSR count). The molecule has 1 amide bonds. The van der Waals surface area contributed by atoms with Gasteiger partial charge in [-0.1, -0.05) is 58.0 Å². The van der Waals surface area contributed by atoms with Gasteiger partial charge < -0.3 is 5.73 Å². The molecule has 8 nitrogen and oxygen atoms in total. The first-order chi connectivity index (χ1) is 15.1. The molecule has 0 saturated carbocycles. The molecule has 0 spiro atoms. The van der Waals surface area contributed by atoms with Crippen molar-refractivity contribution in [1.29, 1.82) is 0 Å². The zero-order valence-corrected chi connectivity index (χ0v) is 19.8. The number of nitrogens with two attached hydrogens (primary N) is 1. The lowest BCUT2D eigenvalue weighted by Gasteiger charge is -2.26. The molecule has 3 N–H and O–H groups in total. The molecule has 2 aromatic heterocycles. The minimum atomic E-state index is -0.674. The molecule has 0 unspecified atom stereocenters. The SMILES string of the molecule is Cc1nc(-c2ccccc2)sc1C(=O)N(CC(C)C)c1c(N)n(CC(C)C)c(=O)[nH]c1=O. The molecule has 2 heterocycles. The number of thiazole rings is 1. The molecular formula is C23H29N5O3S. The molecule has 0 saturated heterocycles. The van der Waals surface area contributed by atoms with Gasteiger partial charge in [-0.3, -0.25) is 24.0 Å². The second kappa shape index (κ2) is 9.52. The lowest BCUT2D eigenvalue weighted by Crippen LogP contribution is -2.43. The Morgan fingerprint density at radius 1 is 1.16 bits per heavy atom. The summed E-state index contributed by atoms with van der Waals surface area (Å²) < 4.78 is 1.32. The van der Waals surface area contributed by atoms with E-state index in [9.17, 15) is 14.4 Å². The van der Waals surface area contributed by atoms with Gasteiger partial charge in [0.25, 0.3) is 11.5 Å². The number of carbonyl (C=O) groups excluding carboxylic acids is 1. The number of rotatable bonds is 7. The molecule has 0 aliphatic carbocycles. The summed E-state index contributed by atoms with van der Waals surface area (Å²) in [6.45, 7) is 10.2. The van der Waals surface area contributed by atoms with Gasteiger partial charge in [-0.25, -0.2) is 9.78 Å². The second-order valence-electron chi connectivity index (χ2n) is 8.61. The Labute approximate surface area is 190 Å². The number of H-pyrrole nitrogens is 1. The van der Waals surface area contributed by atoms with E-state index in [4.69, 9.17) is 5.73 Å². The maximum absolute atomic E-state index is 13.7. The highest BCUT2D eigenvalue weighted by Gasteiger charge is 2.29. The van der Waals surface area contributed by atoms with Crippen molar-refractivity contribution in [2.45, 2.75) is 41.2 Å². The number of aryl methyl sites for hydroxylation is 1. The first kappa shape index (κ1) is 23.5. The summed E-state index contributed by atoms with van der Waals surface area (Å²) in [7, 11) is 0. The van der Waals surface area contributed by atoms with E-state index in [1.165, 1.54) is 20.8 Å². The van der Waals surface area contributed by atoms with Crippen molar-refractivity contribution in [3.05, 3.63) is 61.7 Å². The number of aromatic nitrogens is 3. The molecule has 170 valence electrons. The van der Waals surface area contributed by atoms with E-state index in [2.05, 4.69) is 9.97 Å². The van der Waals surface area contributed by atoms with Crippen LogP contribution in [0.25, 0.3) is 10.6 Å². The molecule has 0 fully saturated rings. The topological polar surface area (TPSA) is 114 Å². The van der Waals surface area contributed by atoms with Crippen LogP contribution < -0.4 is 21.9 Å². The molecule has 0 bridgehead atoms. The largest absolute Gasteiger partial charge is 0.383 e. The van der Waals surface area contributed by atoms with Gasteiger partial charge in [0.2, 0.25) is 0 Å². The van der Waals surface area contributed by atoms with Crippen molar-refractivity contribution in [1.82, 2.24) is 14.5 Å². The van der Waals surface area contributed by atoms with E-state index in [0.717, 1.165) is 10.6 Å². The van der Waals surface area contributed by atoms with Gasteiger partial charge in [0.15, 0.2) is 5.69 Å². The maximum Gasteiger partial charge on any atom is 0.330 e. The fourth-order valence-corrected chi connectivity index (χ4v) is 4.47. The minimum absolute atomic E-state index is 0.00184. The average molecular weight is 456 g/mol.